The number of tetrazole rings is 1. The lowest BCUT2D eigenvalue weighted by Crippen LogP contribution is -2.00. The molecule has 2 N–H and O–H groups in total. The van der Waals surface area contributed by atoms with Crippen molar-refractivity contribution in [1.82, 2.24) is 20.2 Å². The van der Waals surface area contributed by atoms with Crippen LogP contribution in [0, 0.1) is 6.92 Å². The van der Waals surface area contributed by atoms with E-state index in [1.54, 1.807) is 11.0 Å². The van der Waals surface area contributed by atoms with Crippen LogP contribution in [0.5, 0.6) is 0 Å². The quantitative estimate of drug-likeness (QED) is 0.714. The van der Waals surface area contributed by atoms with Gasteiger partial charge in [0.1, 0.15) is 6.33 Å². The minimum atomic E-state index is 0. The van der Waals surface area contributed by atoms with Gasteiger partial charge in [-0.2, -0.15) is 0 Å². The first kappa shape index (κ1) is 10.5. The minimum Gasteiger partial charge on any atom is -0.398 e. The van der Waals surface area contributed by atoms with Gasteiger partial charge in [-0.3, -0.25) is 0 Å². The molecule has 6 heteroatoms. The first-order valence-corrected chi connectivity index (χ1v) is 3.87. The van der Waals surface area contributed by atoms with Gasteiger partial charge in [-0.25, -0.2) is 4.68 Å². The molecule has 0 spiro atoms. The predicted octanol–water partition coefficient (Wildman–Crippen LogP) is 0.975. The second-order valence-corrected chi connectivity index (χ2v) is 2.75. The summed E-state index contributed by atoms with van der Waals surface area (Å²) in [5, 5.41) is 10.9. The highest BCUT2D eigenvalue weighted by molar-refractivity contribution is 5.85. The third-order valence-corrected chi connectivity index (χ3v) is 1.94. The number of nitrogens with zero attached hydrogens (tertiary/aromatic N) is 4. The number of benzene rings is 1. The molecule has 1 aromatic carbocycles. The van der Waals surface area contributed by atoms with Gasteiger partial charge in [-0.15, -0.1) is 17.5 Å². The van der Waals surface area contributed by atoms with Crippen LogP contribution in [0.1, 0.15) is 5.56 Å². The van der Waals surface area contributed by atoms with Crippen molar-refractivity contribution in [2.75, 3.05) is 5.73 Å². The molecular weight excluding hydrogens is 202 g/mol. The van der Waals surface area contributed by atoms with Crippen LogP contribution in [-0.2, 0) is 0 Å². The Hall–Kier alpha value is -1.62. The van der Waals surface area contributed by atoms with Gasteiger partial charge >= 0.3 is 0 Å². The zero-order valence-electron chi connectivity index (χ0n) is 7.58. The summed E-state index contributed by atoms with van der Waals surface area (Å²) in [5.74, 6) is 0. The third kappa shape index (κ3) is 1.67. The summed E-state index contributed by atoms with van der Waals surface area (Å²) in [5.41, 5.74) is 8.38. The SMILES string of the molecule is Cc1c(N)cccc1-n1cnnn1.Cl. The molecule has 0 bridgehead atoms. The Kier molecular flexibility index (Phi) is 3.03. The van der Waals surface area contributed by atoms with Crippen LogP contribution in [0.3, 0.4) is 0 Å². The molecule has 74 valence electrons. The van der Waals surface area contributed by atoms with Crippen LogP contribution in [0.25, 0.3) is 5.69 Å². The van der Waals surface area contributed by atoms with E-state index in [0.717, 1.165) is 16.9 Å². The number of nitrogen functional groups attached to an aromatic ring is 1. The fraction of sp³-hybridized carbons (Fsp3) is 0.125. The number of rotatable bonds is 1. The highest BCUT2D eigenvalue weighted by Crippen LogP contribution is 2.17. The van der Waals surface area contributed by atoms with Crippen molar-refractivity contribution < 1.29 is 0 Å². The van der Waals surface area contributed by atoms with Gasteiger partial charge in [0.25, 0.3) is 0 Å². The van der Waals surface area contributed by atoms with Crippen LogP contribution < -0.4 is 5.73 Å². The average Bonchev–Trinajstić information content (AvgIpc) is 2.62. The Labute approximate surface area is 87.3 Å². The molecule has 1 heterocycles. The lowest BCUT2D eigenvalue weighted by atomic mass is 10.1. The van der Waals surface area contributed by atoms with E-state index in [9.17, 15) is 0 Å². The maximum Gasteiger partial charge on any atom is 0.143 e. The van der Waals surface area contributed by atoms with E-state index in [2.05, 4.69) is 15.5 Å². The van der Waals surface area contributed by atoms with Gasteiger partial charge in [-0.1, -0.05) is 6.07 Å². The van der Waals surface area contributed by atoms with Gasteiger partial charge in [0.05, 0.1) is 5.69 Å². The van der Waals surface area contributed by atoms with E-state index >= 15 is 0 Å². The summed E-state index contributed by atoms with van der Waals surface area (Å²) in [6.45, 7) is 1.94. The number of aromatic nitrogens is 4. The summed E-state index contributed by atoms with van der Waals surface area (Å²) in [6.07, 6.45) is 1.54. The third-order valence-electron chi connectivity index (χ3n) is 1.94. The molecule has 0 aliphatic carbocycles. The molecule has 1 aromatic heterocycles. The topological polar surface area (TPSA) is 69.6 Å². The molecule has 0 radical (unpaired) electrons. The van der Waals surface area contributed by atoms with Crippen LogP contribution in [0.2, 0.25) is 0 Å². The van der Waals surface area contributed by atoms with Gasteiger partial charge in [0.15, 0.2) is 0 Å². The predicted molar refractivity (Wildman–Crippen MR) is 55.6 cm³/mol. The number of anilines is 1. The molecular formula is C8H10ClN5. The smallest absolute Gasteiger partial charge is 0.143 e. The Morgan fingerprint density at radius 2 is 2.14 bits per heavy atom. The minimum absolute atomic E-state index is 0. The summed E-state index contributed by atoms with van der Waals surface area (Å²) >= 11 is 0. The number of hydrogen-bond acceptors (Lipinski definition) is 4. The van der Waals surface area contributed by atoms with Gasteiger partial charge < -0.3 is 5.73 Å². The van der Waals surface area contributed by atoms with E-state index < -0.39 is 0 Å². The summed E-state index contributed by atoms with van der Waals surface area (Å²) in [6, 6.07) is 5.64. The van der Waals surface area contributed by atoms with Gasteiger partial charge in [0, 0.05) is 5.69 Å². The Morgan fingerprint density at radius 1 is 1.36 bits per heavy atom. The lowest BCUT2D eigenvalue weighted by molar-refractivity contribution is 0.785. The molecule has 0 unspecified atom stereocenters. The Morgan fingerprint density at radius 3 is 2.79 bits per heavy atom. The van der Waals surface area contributed by atoms with E-state index in [0.29, 0.717) is 0 Å². The molecule has 0 saturated carbocycles. The normalized spacial score (nSPS) is 9.50. The van der Waals surface area contributed by atoms with Gasteiger partial charge in [-0.05, 0) is 35.0 Å². The molecule has 0 aliphatic heterocycles. The monoisotopic (exact) mass is 211 g/mol. The molecule has 0 fully saturated rings. The lowest BCUT2D eigenvalue weighted by Gasteiger charge is -2.05. The first-order chi connectivity index (χ1) is 6.29. The highest BCUT2D eigenvalue weighted by atomic mass is 35.5. The van der Waals surface area contributed by atoms with Crippen LogP contribution in [0.15, 0.2) is 24.5 Å². The van der Waals surface area contributed by atoms with Crippen molar-refractivity contribution in [3.05, 3.63) is 30.1 Å². The zero-order valence-corrected chi connectivity index (χ0v) is 8.40. The summed E-state index contributed by atoms with van der Waals surface area (Å²) in [4.78, 5) is 0. The van der Waals surface area contributed by atoms with Crippen molar-refractivity contribution in [3.63, 3.8) is 0 Å². The summed E-state index contributed by atoms with van der Waals surface area (Å²) in [7, 11) is 0. The Bertz CT molecular complexity index is 412. The number of hydrogen-bond donors (Lipinski definition) is 1. The van der Waals surface area contributed by atoms with Crippen molar-refractivity contribution >= 4 is 18.1 Å². The van der Waals surface area contributed by atoms with E-state index in [1.807, 2.05) is 25.1 Å². The molecule has 14 heavy (non-hydrogen) atoms. The molecule has 5 nitrogen and oxygen atoms in total. The second-order valence-electron chi connectivity index (χ2n) is 2.75. The molecule has 0 amide bonds. The van der Waals surface area contributed by atoms with Crippen molar-refractivity contribution in [2.45, 2.75) is 6.92 Å². The maximum atomic E-state index is 5.74. The maximum absolute atomic E-state index is 5.74. The Balaban J connectivity index is 0.000000980. The fourth-order valence-corrected chi connectivity index (χ4v) is 1.16. The van der Waals surface area contributed by atoms with Crippen LogP contribution >= 0.6 is 12.4 Å². The molecule has 0 atom stereocenters. The van der Waals surface area contributed by atoms with Crippen LogP contribution in [-0.4, -0.2) is 20.2 Å². The van der Waals surface area contributed by atoms with Crippen molar-refractivity contribution in [2.24, 2.45) is 0 Å². The second kappa shape index (κ2) is 4.06. The number of halogens is 1. The van der Waals surface area contributed by atoms with E-state index in [4.69, 9.17) is 5.73 Å². The molecule has 2 rings (SSSR count). The summed E-state index contributed by atoms with van der Waals surface area (Å²) < 4.78 is 1.59. The average molecular weight is 212 g/mol. The van der Waals surface area contributed by atoms with Gasteiger partial charge in [0.2, 0.25) is 0 Å². The standard InChI is InChI=1S/C8H9N5.ClH/c1-6-7(9)3-2-4-8(6)13-5-10-11-12-13;/h2-5H,9H2,1H3;1H. The highest BCUT2D eigenvalue weighted by Gasteiger charge is 2.03. The number of nitrogens with two attached hydrogens (primary N) is 1. The first-order valence-electron chi connectivity index (χ1n) is 3.87. The zero-order chi connectivity index (χ0) is 9.26. The fourth-order valence-electron chi connectivity index (χ4n) is 1.16. The van der Waals surface area contributed by atoms with Crippen LogP contribution in [0.4, 0.5) is 5.69 Å². The van der Waals surface area contributed by atoms with Crippen molar-refractivity contribution in [1.29, 1.82) is 0 Å². The molecule has 0 saturated heterocycles. The van der Waals surface area contributed by atoms with Crippen molar-refractivity contribution in [3.8, 4) is 5.69 Å². The van der Waals surface area contributed by atoms with E-state index in [1.165, 1.54) is 0 Å². The molecule has 2 aromatic rings. The molecule has 0 aliphatic rings. The largest absolute Gasteiger partial charge is 0.398 e. The van der Waals surface area contributed by atoms with E-state index in [-0.39, 0.29) is 12.4 Å².